The molecule has 1 aliphatic carbocycles. The third-order valence-electron chi connectivity index (χ3n) is 1.88. The summed E-state index contributed by atoms with van der Waals surface area (Å²) in [6, 6.07) is 0. The monoisotopic (exact) mass is 221 g/mol. The van der Waals surface area contributed by atoms with Gasteiger partial charge in [-0.1, -0.05) is 0 Å². The number of alkyl halides is 2. The molecule has 0 aromatic carbocycles. The van der Waals surface area contributed by atoms with Gasteiger partial charge in [0.25, 0.3) is 0 Å². The molecule has 46 valence electrons. The van der Waals surface area contributed by atoms with Crippen LogP contribution in [0.4, 0.5) is 0 Å². The van der Waals surface area contributed by atoms with Crippen LogP contribution in [0.2, 0.25) is 0 Å². The molecular weight excluding hydrogens is 211 g/mol. The van der Waals surface area contributed by atoms with E-state index < -0.39 is 0 Å². The average molecular weight is 221 g/mol. The Morgan fingerprint density at radius 3 is 2.25 bits per heavy atom. The SMILES string of the molecule is C1=CC2C[I-]CC1C2. The van der Waals surface area contributed by atoms with Crippen LogP contribution in [-0.4, -0.2) is 8.86 Å². The molecule has 1 heterocycles. The third-order valence-corrected chi connectivity index (χ3v) is 5.38. The van der Waals surface area contributed by atoms with E-state index in [0.717, 1.165) is 11.8 Å². The minimum absolute atomic E-state index is 0.634. The van der Waals surface area contributed by atoms with Crippen LogP contribution in [0, 0.1) is 11.8 Å². The molecule has 2 unspecified atom stereocenters. The predicted octanol–water partition coefficient (Wildman–Crippen LogP) is -1.72. The summed E-state index contributed by atoms with van der Waals surface area (Å²) in [4.78, 5) is 0. The van der Waals surface area contributed by atoms with Crippen LogP contribution in [-0.2, 0) is 0 Å². The Bertz CT molecular complexity index is 106. The zero-order chi connectivity index (χ0) is 5.40. The molecule has 1 aliphatic heterocycles. The Balaban J connectivity index is 2.13. The summed E-state index contributed by atoms with van der Waals surface area (Å²) in [5.74, 6) is 2.06. The predicted molar refractivity (Wildman–Crippen MR) is 30.5 cm³/mol. The Morgan fingerprint density at radius 1 is 1.12 bits per heavy atom. The number of hydrogen-bond acceptors (Lipinski definition) is 0. The molecule has 2 rings (SSSR count). The van der Waals surface area contributed by atoms with Crippen LogP contribution < -0.4 is 21.2 Å². The molecule has 2 aliphatic rings. The molecule has 1 fully saturated rings. The van der Waals surface area contributed by atoms with E-state index in [2.05, 4.69) is 12.2 Å². The van der Waals surface area contributed by atoms with Gasteiger partial charge in [-0.2, -0.15) is 0 Å². The topological polar surface area (TPSA) is 0 Å². The van der Waals surface area contributed by atoms with E-state index in [0.29, 0.717) is 21.2 Å². The van der Waals surface area contributed by atoms with Gasteiger partial charge >= 0.3 is 60.5 Å². The molecule has 0 aromatic heterocycles. The Kier molecular flexibility index (Phi) is 1.32. The first-order valence-corrected chi connectivity index (χ1v) is 6.22. The Hall–Kier alpha value is 0.470. The van der Waals surface area contributed by atoms with Crippen molar-refractivity contribution in [2.45, 2.75) is 6.42 Å². The second kappa shape index (κ2) is 2.01. The zero-order valence-corrected chi connectivity index (χ0v) is 6.97. The van der Waals surface area contributed by atoms with Gasteiger partial charge < -0.3 is 0 Å². The van der Waals surface area contributed by atoms with Gasteiger partial charge in [-0.15, -0.1) is 0 Å². The molecule has 0 N–H and O–H groups in total. The first-order valence-electron chi connectivity index (χ1n) is 3.17. The Labute approximate surface area is 60.6 Å². The van der Waals surface area contributed by atoms with Crippen molar-refractivity contribution >= 4 is 0 Å². The van der Waals surface area contributed by atoms with Gasteiger partial charge in [0.05, 0.1) is 0 Å². The van der Waals surface area contributed by atoms with E-state index in [9.17, 15) is 0 Å². The van der Waals surface area contributed by atoms with Crippen LogP contribution in [0.3, 0.4) is 0 Å². The Morgan fingerprint density at radius 2 is 1.75 bits per heavy atom. The van der Waals surface area contributed by atoms with Crippen LogP contribution >= 0.6 is 0 Å². The van der Waals surface area contributed by atoms with Gasteiger partial charge in [-0.25, -0.2) is 0 Å². The number of fused-ring (bicyclic) bond motifs is 2. The van der Waals surface area contributed by atoms with Crippen molar-refractivity contribution in [3.8, 4) is 0 Å². The van der Waals surface area contributed by atoms with Gasteiger partial charge in [-0.05, 0) is 0 Å². The first-order chi connectivity index (χ1) is 3.95. The molecule has 1 heteroatoms. The summed E-state index contributed by atoms with van der Waals surface area (Å²) in [5, 5.41) is 0. The fourth-order valence-corrected chi connectivity index (χ4v) is 4.70. The zero-order valence-electron chi connectivity index (χ0n) is 4.81. The molecule has 0 spiro atoms. The summed E-state index contributed by atoms with van der Waals surface area (Å²) in [6.45, 7) is 0. The third kappa shape index (κ3) is 0.809. The molecule has 2 atom stereocenters. The maximum atomic E-state index is 2.44. The van der Waals surface area contributed by atoms with E-state index in [1.165, 1.54) is 6.42 Å². The summed E-state index contributed by atoms with van der Waals surface area (Å²) in [7, 11) is 0. The quantitative estimate of drug-likeness (QED) is 0.259. The van der Waals surface area contributed by atoms with Gasteiger partial charge in [-0.3, -0.25) is 0 Å². The van der Waals surface area contributed by atoms with Crippen molar-refractivity contribution in [2.75, 3.05) is 8.86 Å². The van der Waals surface area contributed by atoms with Gasteiger partial charge in [0.2, 0.25) is 0 Å². The van der Waals surface area contributed by atoms with Crippen molar-refractivity contribution in [1.82, 2.24) is 0 Å². The summed E-state index contributed by atoms with van der Waals surface area (Å²) >= 11 is 0.634. The maximum absolute atomic E-state index is 2.44. The molecule has 1 saturated heterocycles. The van der Waals surface area contributed by atoms with E-state index in [1.54, 1.807) is 8.86 Å². The minimum atomic E-state index is 0.634. The summed E-state index contributed by atoms with van der Waals surface area (Å²) < 4.78 is 3.15. The van der Waals surface area contributed by atoms with Crippen molar-refractivity contribution < 1.29 is 21.2 Å². The second-order valence-corrected chi connectivity index (χ2v) is 5.48. The fraction of sp³-hybridized carbons (Fsp3) is 0.714. The van der Waals surface area contributed by atoms with Crippen LogP contribution in [0.25, 0.3) is 0 Å². The van der Waals surface area contributed by atoms with E-state index in [4.69, 9.17) is 0 Å². The van der Waals surface area contributed by atoms with E-state index in [1.807, 2.05) is 0 Å². The van der Waals surface area contributed by atoms with Gasteiger partial charge in [0.15, 0.2) is 0 Å². The number of hydrogen-bond donors (Lipinski definition) is 0. The molecule has 0 saturated carbocycles. The van der Waals surface area contributed by atoms with E-state index >= 15 is 0 Å². The fourth-order valence-electron chi connectivity index (χ4n) is 1.43. The molecule has 0 aromatic rings. The normalized spacial score (nSPS) is 44.0. The van der Waals surface area contributed by atoms with Crippen LogP contribution in [0.15, 0.2) is 12.2 Å². The molecule has 0 amide bonds. The molecule has 0 nitrogen and oxygen atoms in total. The van der Waals surface area contributed by atoms with E-state index in [-0.39, 0.29) is 0 Å². The second-order valence-electron chi connectivity index (χ2n) is 2.64. The van der Waals surface area contributed by atoms with Crippen LogP contribution in [0.5, 0.6) is 0 Å². The van der Waals surface area contributed by atoms with Crippen molar-refractivity contribution in [1.29, 1.82) is 0 Å². The van der Waals surface area contributed by atoms with Gasteiger partial charge in [0, 0.05) is 0 Å². The average Bonchev–Trinajstić information content (AvgIpc) is 2.12. The van der Waals surface area contributed by atoms with Crippen molar-refractivity contribution in [2.24, 2.45) is 11.8 Å². The molecular formula is C7H10I-. The summed E-state index contributed by atoms with van der Waals surface area (Å²) in [5.41, 5.74) is 0. The van der Waals surface area contributed by atoms with Crippen molar-refractivity contribution in [3.05, 3.63) is 12.2 Å². The van der Waals surface area contributed by atoms with Gasteiger partial charge in [0.1, 0.15) is 0 Å². The number of allylic oxidation sites excluding steroid dienone is 2. The molecule has 2 bridgehead atoms. The molecule has 0 radical (unpaired) electrons. The van der Waals surface area contributed by atoms with Crippen LogP contribution in [0.1, 0.15) is 6.42 Å². The number of halogens is 1. The first kappa shape index (κ1) is 5.27. The number of rotatable bonds is 0. The molecule has 8 heavy (non-hydrogen) atoms. The summed E-state index contributed by atoms with van der Waals surface area (Å²) in [6.07, 6.45) is 6.38. The van der Waals surface area contributed by atoms with Crippen molar-refractivity contribution in [3.63, 3.8) is 0 Å². The standard InChI is InChI=1S/C7H10I/c1-2-7-3-6(1)4-8-5-7/h1-2,6-7H,3-5H2/q-1.